The number of rotatable bonds is 6. The van der Waals surface area contributed by atoms with Crippen LogP contribution >= 0.6 is 0 Å². The fraction of sp³-hybridized carbons (Fsp3) is 0.250. The van der Waals surface area contributed by atoms with Crippen LogP contribution in [0, 0.1) is 0 Å². The summed E-state index contributed by atoms with van der Waals surface area (Å²) in [5.74, 6) is 1.000. The molecule has 0 atom stereocenters. The number of hydrogen-bond donors (Lipinski definition) is 3. The van der Waals surface area contributed by atoms with Gasteiger partial charge in [0.05, 0.1) is 12.7 Å². The Kier molecular flexibility index (Phi) is 4.55. The number of amides is 1. The highest BCUT2D eigenvalue weighted by molar-refractivity contribution is 6.01. The predicted octanol–water partition coefficient (Wildman–Crippen LogP) is 2.41. The van der Waals surface area contributed by atoms with Crippen LogP contribution < -0.4 is 10.1 Å². The van der Waals surface area contributed by atoms with E-state index in [2.05, 4.69) is 37.6 Å². The van der Waals surface area contributed by atoms with Gasteiger partial charge in [-0.25, -0.2) is 0 Å². The van der Waals surface area contributed by atoms with Gasteiger partial charge < -0.3 is 4.74 Å². The minimum absolute atomic E-state index is 0.181. The number of aryl methyl sites for hydroxylation is 1. The third-order valence-corrected chi connectivity index (χ3v) is 3.46. The molecular formula is C16H18N6O2. The number of para-hydroxylation sites is 1. The molecule has 0 spiro atoms. The normalized spacial score (nSPS) is 10.6. The van der Waals surface area contributed by atoms with Crippen molar-refractivity contribution in [3.05, 3.63) is 41.7 Å². The zero-order valence-electron chi connectivity index (χ0n) is 13.5. The van der Waals surface area contributed by atoms with Gasteiger partial charge in [0, 0.05) is 5.69 Å². The molecule has 0 fully saturated rings. The Balaban J connectivity index is 1.74. The Labute approximate surface area is 138 Å². The van der Waals surface area contributed by atoms with Crippen LogP contribution in [0.15, 0.2) is 30.3 Å². The van der Waals surface area contributed by atoms with Gasteiger partial charge in [0.15, 0.2) is 11.5 Å². The molecule has 0 saturated heterocycles. The van der Waals surface area contributed by atoms with Crippen molar-refractivity contribution in [1.82, 2.24) is 25.4 Å². The van der Waals surface area contributed by atoms with Gasteiger partial charge in [-0.3, -0.25) is 20.3 Å². The lowest BCUT2D eigenvalue weighted by Crippen LogP contribution is -2.13. The molecule has 2 aromatic heterocycles. The lowest BCUT2D eigenvalue weighted by Gasteiger charge is -2.04. The zero-order valence-corrected chi connectivity index (χ0v) is 13.5. The first-order chi connectivity index (χ1) is 11.7. The summed E-state index contributed by atoms with van der Waals surface area (Å²) in [6, 6.07) is 9.15. The summed E-state index contributed by atoms with van der Waals surface area (Å²) in [6.07, 6.45) is 1.82. The lowest BCUT2D eigenvalue weighted by molar-refractivity contribution is 0.102. The second kappa shape index (κ2) is 6.95. The molecule has 3 N–H and O–H groups in total. The number of carbonyl (C=O) groups is 1. The van der Waals surface area contributed by atoms with Crippen molar-refractivity contribution in [1.29, 1.82) is 0 Å². The lowest BCUT2D eigenvalue weighted by atomic mass is 10.2. The minimum atomic E-state index is -0.362. The van der Waals surface area contributed by atoms with Crippen LogP contribution in [-0.4, -0.2) is 38.4 Å². The van der Waals surface area contributed by atoms with E-state index in [1.54, 1.807) is 13.2 Å². The molecular weight excluding hydrogens is 308 g/mol. The number of nitrogens with zero attached hydrogens (tertiary/aromatic N) is 3. The summed E-state index contributed by atoms with van der Waals surface area (Å²) in [4.78, 5) is 16.5. The molecule has 0 saturated carbocycles. The molecule has 3 aromatic rings. The number of carbonyl (C=O) groups excluding carboxylic acids is 1. The molecule has 1 amide bonds. The van der Waals surface area contributed by atoms with E-state index in [0.717, 1.165) is 24.1 Å². The van der Waals surface area contributed by atoms with E-state index in [4.69, 9.17) is 4.74 Å². The smallest absolute Gasteiger partial charge is 0.278 e. The van der Waals surface area contributed by atoms with Gasteiger partial charge in [0.2, 0.25) is 5.95 Å². The number of methoxy groups -OCH3 is 1. The Morgan fingerprint density at radius 3 is 2.88 bits per heavy atom. The summed E-state index contributed by atoms with van der Waals surface area (Å²) < 4.78 is 5.30. The van der Waals surface area contributed by atoms with Gasteiger partial charge in [-0.05, 0) is 24.6 Å². The molecule has 0 radical (unpaired) electrons. The number of nitrogens with one attached hydrogen (secondary N) is 3. The second-order valence-corrected chi connectivity index (χ2v) is 5.19. The summed E-state index contributed by atoms with van der Waals surface area (Å²) in [5.41, 5.74) is 1.99. The van der Waals surface area contributed by atoms with Crippen molar-refractivity contribution in [3.63, 3.8) is 0 Å². The van der Waals surface area contributed by atoms with Gasteiger partial charge in [-0.2, -0.15) is 10.1 Å². The molecule has 8 nitrogen and oxygen atoms in total. The number of hydrogen-bond acceptors (Lipinski definition) is 5. The van der Waals surface area contributed by atoms with Crippen molar-refractivity contribution in [2.45, 2.75) is 19.8 Å². The SMILES string of the molecule is CCCc1cc(C(=O)Nc2n[nH]c(-c3ccccc3OC)n2)n[nH]1. The van der Waals surface area contributed by atoms with Crippen molar-refractivity contribution in [2.24, 2.45) is 0 Å². The maximum absolute atomic E-state index is 12.2. The average Bonchev–Trinajstić information content (AvgIpc) is 3.25. The molecule has 0 bridgehead atoms. The topological polar surface area (TPSA) is 109 Å². The van der Waals surface area contributed by atoms with E-state index in [-0.39, 0.29) is 11.9 Å². The van der Waals surface area contributed by atoms with Crippen molar-refractivity contribution < 1.29 is 9.53 Å². The van der Waals surface area contributed by atoms with Gasteiger partial charge in [-0.1, -0.05) is 25.5 Å². The number of anilines is 1. The molecule has 0 aliphatic heterocycles. The molecule has 24 heavy (non-hydrogen) atoms. The van der Waals surface area contributed by atoms with E-state index in [1.807, 2.05) is 24.3 Å². The molecule has 124 valence electrons. The first-order valence-corrected chi connectivity index (χ1v) is 7.62. The van der Waals surface area contributed by atoms with Gasteiger partial charge >= 0.3 is 0 Å². The summed E-state index contributed by atoms with van der Waals surface area (Å²) >= 11 is 0. The van der Waals surface area contributed by atoms with E-state index in [1.165, 1.54) is 0 Å². The van der Waals surface area contributed by atoms with Crippen LogP contribution in [0.5, 0.6) is 5.75 Å². The standard InChI is InChI=1S/C16H18N6O2/c1-3-6-10-9-12(20-19-10)15(23)18-16-17-14(21-22-16)11-7-4-5-8-13(11)24-2/h4-5,7-9H,3,6H2,1-2H3,(H,19,20)(H2,17,18,21,22,23). The van der Waals surface area contributed by atoms with Crippen LogP contribution in [0.4, 0.5) is 5.95 Å². The highest BCUT2D eigenvalue weighted by Crippen LogP contribution is 2.27. The number of ether oxygens (including phenoxy) is 1. The minimum Gasteiger partial charge on any atom is -0.496 e. The molecule has 0 aliphatic rings. The van der Waals surface area contributed by atoms with Crippen LogP contribution in [0.25, 0.3) is 11.4 Å². The monoisotopic (exact) mass is 326 g/mol. The third kappa shape index (κ3) is 3.27. The Bertz CT molecular complexity index is 838. The second-order valence-electron chi connectivity index (χ2n) is 5.19. The van der Waals surface area contributed by atoms with Crippen LogP contribution in [0.1, 0.15) is 29.5 Å². The maximum atomic E-state index is 12.2. The van der Waals surface area contributed by atoms with E-state index in [9.17, 15) is 4.79 Å². The van der Waals surface area contributed by atoms with E-state index < -0.39 is 0 Å². The number of benzene rings is 1. The predicted molar refractivity (Wildman–Crippen MR) is 88.9 cm³/mol. The fourth-order valence-electron chi connectivity index (χ4n) is 2.32. The average molecular weight is 326 g/mol. The highest BCUT2D eigenvalue weighted by atomic mass is 16.5. The van der Waals surface area contributed by atoms with Crippen LogP contribution in [0.2, 0.25) is 0 Å². The van der Waals surface area contributed by atoms with Crippen LogP contribution in [-0.2, 0) is 6.42 Å². The molecule has 1 aromatic carbocycles. The Morgan fingerprint density at radius 1 is 1.25 bits per heavy atom. The zero-order chi connectivity index (χ0) is 16.9. The molecule has 0 unspecified atom stereocenters. The third-order valence-electron chi connectivity index (χ3n) is 3.46. The van der Waals surface area contributed by atoms with E-state index >= 15 is 0 Å². The Hall–Kier alpha value is -3.16. The molecule has 2 heterocycles. The largest absolute Gasteiger partial charge is 0.496 e. The van der Waals surface area contributed by atoms with Crippen LogP contribution in [0.3, 0.4) is 0 Å². The van der Waals surface area contributed by atoms with Gasteiger partial charge in [-0.15, -0.1) is 5.10 Å². The van der Waals surface area contributed by atoms with Crippen molar-refractivity contribution in [2.75, 3.05) is 12.4 Å². The summed E-state index contributed by atoms with van der Waals surface area (Å²) in [6.45, 7) is 2.06. The number of H-pyrrole nitrogens is 2. The van der Waals surface area contributed by atoms with Gasteiger partial charge in [0.1, 0.15) is 5.75 Å². The fourth-order valence-corrected chi connectivity index (χ4v) is 2.32. The van der Waals surface area contributed by atoms with E-state index in [0.29, 0.717) is 17.3 Å². The number of aromatic nitrogens is 5. The quantitative estimate of drug-likeness (QED) is 0.644. The van der Waals surface area contributed by atoms with Crippen molar-refractivity contribution >= 4 is 11.9 Å². The Morgan fingerprint density at radius 2 is 2.08 bits per heavy atom. The summed E-state index contributed by atoms with van der Waals surface area (Å²) in [7, 11) is 1.59. The van der Waals surface area contributed by atoms with Gasteiger partial charge in [0.25, 0.3) is 5.91 Å². The number of aromatic amines is 2. The highest BCUT2D eigenvalue weighted by Gasteiger charge is 2.15. The van der Waals surface area contributed by atoms with Crippen molar-refractivity contribution in [3.8, 4) is 17.1 Å². The molecule has 8 heteroatoms. The summed E-state index contributed by atoms with van der Waals surface area (Å²) in [5, 5.41) is 16.3. The molecule has 3 rings (SSSR count). The maximum Gasteiger partial charge on any atom is 0.278 e. The molecule has 0 aliphatic carbocycles. The first kappa shape index (κ1) is 15.7. The first-order valence-electron chi connectivity index (χ1n) is 7.62.